The van der Waals surface area contributed by atoms with E-state index in [1.807, 2.05) is 12.1 Å². The van der Waals surface area contributed by atoms with Crippen molar-refractivity contribution < 1.29 is 4.79 Å². The molecule has 1 atom stereocenters. The molecular weight excluding hydrogens is 224 g/mol. The monoisotopic (exact) mass is 246 g/mol. The van der Waals surface area contributed by atoms with E-state index in [0.717, 1.165) is 19.5 Å². The van der Waals surface area contributed by atoms with Crippen LogP contribution in [0.4, 0.5) is 0 Å². The summed E-state index contributed by atoms with van der Waals surface area (Å²) in [5.74, 6) is 0.861. The van der Waals surface area contributed by atoms with Crippen LogP contribution in [0.5, 0.6) is 0 Å². The van der Waals surface area contributed by atoms with Gasteiger partial charge in [0.05, 0.1) is 0 Å². The van der Waals surface area contributed by atoms with E-state index in [4.69, 9.17) is 0 Å². The van der Waals surface area contributed by atoms with Crippen LogP contribution < -0.4 is 10.6 Å². The van der Waals surface area contributed by atoms with Gasteiger partial charge in [-0.1, -0.05) is 24.3 Å². The number of benzene rings is 1. The number of carbonyl (C=O) groups excluding carboxylic acids is 1. The van der Waals surface area contributed by atoms with Gasteiger partial charge in [-0.3, -0.25) is 4.79 Å². The Morgan fingerprint density at radius 2 is 2.28 bits per heavy atom. The van der Waals surface area contributed by atoms with Crippen molar-refractivity contribution in [2.24, 2.45) is 5.92 Å². The van der Waals surface area contributed by atoms with Crippen molar-refractivity contribution in [2.75, 3.05) is 13.1 Å². The summed E-state index contributed by atoms with van der Waals surface area (Å²) in [6, 6.07) is 8.18. The standard InChI is InChI=1S/C15H22N2O/c1-12-4-2-3-5-14(12)11-17-15(18)7-6-13-8-9-16-10-13/h2-5,13,16H,6-11H2,1H3,(H,17,18). The topological polar surface area (TPSA) is 41.1 Å². The van der Waals surface area contributed by atoms with E-state index in [1.165, 1.54) is 17.5 Å². The van der Waals surface area contributed by atoms with E-state index in [9.17, 15) is 4.79 Å². The van der Waals surface area contributed by atoms with E-state index in [2.05, 4.69) is 29.7 Å². The van der Waals surface area contributed by atoms with Crippen LogP contribution >= 0.6 is 0 Å². The van der Waals surface area contributed by atoms with Gasteiger partial charge < -0.3 is 10.6 Å². The molecule has 0 bridgehead atoms. The average molecular weight is 246 g/mol. The highest BCUT2D eigenvalue weighted by atomic mass is 16.1. The minimum absolute atomic E-state index is 0.171. The Bertz CT molecular complexity index is 397. The molecule has 1 fully saturated rings. The number of hydrogen-bond acceptors (Lipinski definition) is 2. The van der Waals surface area contributed by atoms with Crippen LogP contribution in [0.1, 0.15) is 30.4 Å². The molecule has 1 amide bonds. The van der Waals surface area contributed by atoms with Gasteiger partial charge in [0.25, 0.3) is 0 Å². The molecule has 0 aromatic heterocycles. The van der Waals surface area contributed by atoms with Crippen molar-refractivity contribution in [3.05, 3.63) is 35.4 Å². The number of carbonyl (C=O) groups is 1. The molecule has 0 saturated carbocycles. The highest BCUT2D eigenvalue weighted by molar-refractivity contribution is 5.75. The molecule has 1 unspecified atom stereocenters. The van der Waals surface area contributed by atoms with Gasteiger partial charge >= 0.3 is 0 Å². The molecule has 3 nitrogen and oxygen atoms in total. The lowest BCUT2D eigenvalue weighted by molar-refractivity contribution is -0.121. The van der Waals surface area contributed by atoms with E-state index in [1.54, 1.807) is 0 Å². The number of rotatable bonds is 5. The predicted octanol–water partition coefficient (Wildman–Crippen LogP) is 2.00. The second-order valence-corrected chi connectivity index (χ2v) is 5.10. The lowest BCUT2D eigenvalue weighted by Crippen LogP contribution is -2.23. The first kappa shape index (κ1) is 13.1. The quantitative estimate of drug-likeness (QED) is 0.834. The fraction of sp³-hybridized carbons (Fsp3) is 0.533. The average Bonchev–Trinajstić information content (AvgIpc) is 2.88. The van der Waals surface area contributed by atoms with Crippen LogP contribution in [0, 0.1) is 12.8 Å². The summed E-state index contributed by atoms with van der Waals surface area (Å²) in [5.41, 5.74) is 2.44. The molecule has 1 saturated heterocycles. The summed E-state index contributed by atoms with van der Waals surface area (Å²) in [6.07, 6.45) is 2.87. The second-order valence-electron chi connectivity index (χ2n) is 5.10. The van der Waals surface area contributed by atoms with Gasteiger partial charge in [-0.25, -0.2) is 0 Å². The van der Waals surface area contributed by atoms with E-state index >= 15 is 0 Å². The van der Waals surface area contributed by atoms with Crippen LogP contribution in [0.3, 0.4) is 0 Å². The highest BCUT2D eigenvalue weighted by Crippen LogP contribution is 2.14. The predicted molar refractivity (Wildman–Crippen MR) is 73.2 cm³/mol. The molecular formula is C15H22N2O. The van der Waals surface area contributed by atoms with Crippen molar-refractivity contribution in [3.63, 3.8) is 0 Å². The molecule has 0 aliphatic carbocycles. The molecule has 0 radical (unpaired) electrons. The Morgan fingerprint density at radius 3 is 3.00 bits per heavy atom. The highest BCUT2D eigenvalue weighted by Gasteiger charge is 2.15. The minimum atomic E-state index is 0.171. The van der Waals surface area contributed by atoms with Crippen LogP contribution in [0.25, 0.3) is 0 Å². The van der Waals surface area contributed by atoms with Crippen molar-refractivity contribution in [3.8, 4) is 0 Å². The molecule has 1 aromatic carbocycles. The second kappa shape index (κ2) is 6.55. The molecule has 1 aromatic rings. The maximum Gasteiger partial charge on any atom is 0.220 e. The molecule has 18 heavy (non-hydrogen) atoms. The number of hydrogen-bond donors (Lipinski definition) is 2. The van der Waals surface area contributed by atoms with Crippen molar-refractivity contribution >= 4 is 5.91 Å². The number of nitrogens with one attached hydrogen (secondary N) is 2. The number of amides is 1. The molecule has 3 heteroatoms. The van der Waals surface area contributed by atoms with Crippen LogP contribution in [-0.4, -0.2) is 19.0 Å². The van der Waals surface area contributed by atoms with Gasteiger partial charge in [0.1, 0.15) is 0 Å². The van der Waals surface area contributed by atoms with Gasteiger partial charge in [-0.15, -0.1) is 0 Å². The zero-order chi connectivity index (χ0) is 12.8. The normalized spacial score (nSPS) is 18.8. The van der Waals surface area contributed by atoms with Crippen molar-refractivity contribution in [1.82, 2.24) is 10.6 Å². The van der Waals surface area contributed by atoms with E-state index < -0.39 is 0 Å². The van der Waals surface area contributed by atoms with Gasteiger partial charge in [-0.2, -0.15) is 0 Å². The third-order valence-corrected chi connectivity index (χ3v) is 3.68. The third-order valence-electron chi connectivity index (χ3n) is 3.68. The van der Waals surface area contributed by atoms with Crippen LogP contribution in [0.15, 0.2) is 24.3 Å². The lowest BCUT2D eigenvalue weighted by atomic mass is 10.0. The zero-order valence-electron chi connectivity index (χ0n) is 11.0. The Hall–Kier alpha value is -1.35. The van der Waals surface area contributed by atoms with Crippen molar-refractivity contribution in [1.29, 1.82) is 0 Å². The molecule has 98 valence electrons. The largest absolute Gasteiger partial charge is 0.352 e. The van der Waals surface area contributed by atoms with E-state index in [-0.39, 0.29) is 5.91 Å². The summed E-state index contributed by atoms with van der Waals surface area (Å²) in [7, 11) is 0. The molecule has 2 N–H and O–H groups in total. The Morgan fingerprint density at radius 1 is 1.44 bits per heavy atom. The van der Waals surface area contributed by atoms with E-state index in [0.29, 0.717) is 18.9 Å². The maximum atomic E-state index is 11.8. The van der Waals surface area contributed by atoms with Gasteiger partial charge in [0.15, 0.2) is 0 Å². The van der Waals surface area contributed by atoms with Gasteiger partial charge in [-0.05, 0) is 49.9 Å². The minimum Gasteiger partial charge on any atom is -0.352 e. The summed E-state index contributed by atoms with van der Waals surface area (Å²) < 4.78 is 0. The molecule has 1 aliphatic rings. The smallest absolute Gasteiger partial charge is 0.220 e. The summed E-state index contributed by atoms with van der Waals surface area (Å²) >= 11 is 0. The fourth-order valence-corrected chi connectivity index (χ4v) is 2.39. The first-order valence-corrected chi connectivity index (χ1v) is 6.77. The first-order chi connectivity index (χ1) is 8.75. The van der Waals surface area contributed by atoms with Gasteiger partial charge in [0, 0.05) is 13.0 Å². The van der Waals surface area contributed by atoms with Crippen LogP contribution in [-0.2, 0) is 11.3 Å². The molecule has 1 heterocycles. The molecule has 1 aliphatic heterocycles. The first-order valence-electron chi connectivity index (χ1n) is 6.77. The van der Waals surface area contributed by atoms with Crippen molar-refractivity contribution in [2.45, 2.75) is 32.7 Å². The Kier molecular flexibility index (Phi) is 4.76. The molecule has 2 rings (SSSR count). The summed E-state index contributed by atoms with van der Waals surface area (Å²) in [5, 5.41) is 6.33. The lowest BCUT2D eigenvalue weighted by Gasteiger charge is -2.10. The maximum absolute atomic E-state index is 11.8. The molecule has 0 spiro atoms. The Labute approximate surface area is 109 Å². The Balaban J connectivity index is 1.69. The summed E-state index contributed by atoms with van der Waals surface area (Å²) in [6.45, 7) is 4.90. The van der Waals surface area contributed by atoms with Crippen LogP contribution in [0.2, 0.25) is 0 Å². The summed E-state index contributed by atoms with van der Waals surface area (Å²) in [4.78, 5) is 11.8. The zero-order valence-corrected chi connectivity index (χ0v) is 11.0. The third kappa shape index (κ3) is 3.84. The van der Waals surface area contributed by atoms with Gasteiger partial charge in [0.2, 0.25) is 5.91 Å². The fourth-order valence-electron chi connectivity index (χ4n) is 2.39. The SMILES string of the molecule is Cc1ccccc1CNC(=O)CCC1CCNC1. The number of aryl methyl sites for hydroxylation is 1.